The molecule has 2 amide bonds. The summed E-state index contributed by atoms with van der Waals surface area (Å²) in [5.41, 5.74) is 4.90. The number of ether oxygens (including phenoxy) is 1. The number of aromatic carboxylic acids is 1. The number of carboxylic acids is 1. The smallest absolute Gasteiger partial charge is 0.407 e. The van der Waals surface area contributed by atoms with Crippen molar-refractivity contribution < 1.29 is 24.2 Å². The van der Waals surface area contributed by atoms with E-state index in [1.807, 2.05) is 50.2 Å². The topological polar surface area (TPSA) is 105 Å². The van der Waals surface area contributed by atoms with Crippen LogP contribution in [0.4, 0.5) is 10.5 Å². The molecule has 0 spiro atoms. The Balaban J connectivity index is 1.44. The number of hydrogen-bond acceptors (Lipinski definition) is 4. The average Bonchev–Trinajstić information content (AvgIpc) is 3.19. The molecule has 3 aromatic carbocycles. The van der Waals surface area contributed by atoms with Gasteiger partial charge in [0.05, 0.1) is 5.56 Å². The minimum absolute atomic E-state index is 0.0624. The summed E-state index contributed by atoms with van der Waals surface area (Å²) in [5.74, 6) is -1.77. The van der Waals surface area contributed by atoms with Crippen LogP contribution in [0.3, 0.4) is 0 Å². The first-order chi connectivity index (χ1) is 16.9. The molecule has 180 valence electrons. The van der Waals surface area contributed by atoms with Gasteiger partial charge in [0.1, 0.15) is 12.6 Å². The number of hydrogen-bond donors (Lipinski definition) is 3. The molecule has 35 heavy (non-hydrogen) atoms. The van der Waals surface area contributed by atoms with Crippen LogP contribution < -0.4 is 10.6 Å². The van der Waals surface area contributed by atoms with Crippen LogP contribution in [0.15, 0.2) is 72.8 Å². The fourth-order valence-electron chi connectivity index (χ4n) is 4.42. The van der Waals surface area contributed by atoms with Crippen molar-refractivity contribution in [2.45, 2.75) is 32.2 Å². The molecular weight excluding hydrogens is 444 g/mol. The fraction of sp³-hybridized carbons (Fsp3) is 0.250. The highest BCUT2D eigenvalue weighted by molar-refractivity contribution is 5.98. The molecule has 0 saturated heterocycles. The lowest BCUT2D eigenvalue weighted by Gasteiger charge is -2.24. The van der Waals surface area contributed by atoms with Gasteiger partial charge < -0.3 is 20.5 Å². The predicted molar refractivity (Wildman–Crippen MR) is 133 cm³/mol. The first kappa shape index (κ1) is 24.0. The molecule has 0 saturated carbocycles. The van der Waals surface area contributed by atoms with Crippen molar-refractivity contribution in [2.24, 2.45) is 5.92 Å². The van der Waals surface area contributed by atoms with Crippen LogP contribution in [-0.2, 0) is 9.53 Å². The summed E-state index contributed by atoms with van der Waals surface area (Å²) in [4.78, 5) is 37.0. The van der Waals surface area contributed by atoms with Gasteiger partial charge in [-0.1, -0.05) is 74.9 Å². The van der Waals surface area contributed by atoms with E-state index in [-0.39, 0.29) is 24.0 Å². The molecule has 0 bridgehead atoms. The minimum Gasteiger partial charge on any atom is -0.478 e. The van der Waals surface area contributed by atoms with Gasteiger partial charge >= 0.3 is 12.1 Å². The van der Waals surface area contributed by atoms with E-state index in [9.17, 15) is 19.5 Å². The summed E-state index contributed by atoms with van der Waals surface area (Å²) in [6.45, 7) is 3.94. The van der Waals surface area contributed by atoms with E-state index in [0.29, 0.717) is 12.1 Å². The summed E-state index contributed by atoms with van der Waals surface area (Å²) in [6, 6.07) is 21.3. The second-order valence-corrected chi connectivity index (χ2v) is 8.71. The average molecular weight is 473 g/mol. The Morgan fingerprint density at radius 1 is 0.943 bits per heavy atom. The van der Waals surface area contributed by atoms with Gasteiger partial charge in [0.2, 0.25) is 5.91 Å². The fourth-order valence-corrected chi connectivity index (χ4v) is 4.42. The van der Waals surface area contributed by atoms with E-state index >= 15 is 0 Å². The first-order valence-corrected chi connectivity index (χ1v) is 11.6. The molecule has 7 nitrogen and oxygen atoms in total. The molecule has 1 aliphatic carbocycles. The maximum atomic E-state index is 13.0. The van der Waals surface area contributed by atoms with Crippen molar-refractivity contribution in [3.05, 3.63) is 89.5 Å². The van der Waals surface area contributed by atoms with Crippen molar-refractivity contribution >= 4 is 23.7 Å². The van der Waals surface area contributed by atoms with Crippen LogP contribution in [0.5, 0.6) is 0 Å². The van der Waals surface area contributed by atoms with Crippen LogP contribution in [0.1, 0.15) is 47.7 Å². The van der Waals surface area contributed by atoms with Gasteiger partial charge in [-0.15, -0.1) is 0 Å². The zero-order valence-corrected chi connectivity index (χ0v) is 19.7. The van der Waals surface area contributed by atoms with Gasteiger partial charge in [0.25, 0.3) is 0 Å². The van der Waals surface area contributed by atoms with Crippen LogP contribution in [0, 0.1) is 5.92 Å². The predicted octanol–water partition coefficient (Wildman–Crippen LogP) is 5.28. The SMILES string of the molecule is CCC(C)C(NC(=O)OCC1c2ccccc2-c2ccccc21)C(=O)Nc1cccc(C(=O)O)c1. The molecule has 4 rings (SSSR count). The maximum Gasteiger partial charge on any atom is 0.407 e. The summed E-state index contributed by atoms with van der Waals surface area (Å²) in [7, 11) is 0. The van der Waals surface area contributed by atoms with Gasteiger partial charge in [-0.05, 0) is 46.4 Å². The Kier molecular flexibility index (Phi) is 7.15. The largest absolute Gasteiger partial charge is 0.478 e. The van der Waals surface area contributed by atoms with Crippen molar-refractivity contribution in [1.29, 1.82) is 0 Å². The number of fused-ring (bicyclic) bond motifs is 3. The second-order valence-electron chi connectivity index (χ2n) is 8.71. The quantitative estimate of drug-likeness (QED) is 0.414. The van der Waals surface area contributed by atoms with Gasteiger partial charge in [-0.3, -0.25) is 4.79 Å². The number of anilines is 1. The first-order valence-electron chi connectivity index (χ1n) is 11.6. The van der Waals surface area contributed by atoms with Crippen LogP contribution >= 0.6 is 0 Å². The highest BCUT2D eigenvalue weighted by Gasteiger charge is 2.31. The molecule has 0 heterocycles. The van der Waals surface area contributed by atoms with Crippen molar-refractivity contribution in [3.63, 3.8) is 0 Å². The zero-order valence-electron chi connectivity index (χ0n) is 19.7. The van der Waals surface area contributed by atoms with Gasteiger partial charge in [-0.2, -0.15) is 0 Å². The summed E-state index contributed by atoms with van der Waals surface area (Å²) in [6.07, 6.45) is -0.0247. The standard InChI is InChI=1S/C28H28N2O5/c1-3-17(2)25(26(31)29-19-10-8-9-18(15-19)27(32)33)30-28(34)35-16-24-22-13-6-4-11-20(22)21-12-5-7-14-23(21)24/h4-15,17,24-25H,3,16H2,1-2H3,(H,29,31)(H,30,34)(H,32,33). The number of nitrogens with one attached hydrogen (secondary N) is 2. The number of carboxylic acid groups (broad SMARTS) is 1. The lowest BCUT2D eigenvalue weighted by molar-refractivity contribution is -0.119. The van der Waals surface area contributed by atoms with Crippen molar-refractivity contribution in [2.75, 3.05) is 11.9 Å². The minimum atomic E-state index is -1.09. The number of carbonyl (C=O) groups is 3. The molecule has 0 fully saturated rings. The molecule has 0 radical (unpaired) electrons. The Bertz CT molecular complexity index is 1210. The molecule has 2 unspecified atom stereocenters. The highest BCUT2D eigenvalue weighted by atomic mass is 16.5. The van der Waals surface area contributed by atoms with E-state index < -0.39 is 24.0 Å². The number of amides is 2. The Hall–Kier alpha value is -4.13. The van der Waals surface area contributed by atoms with Gasteiger partial charge in [0.15, 0.2) is 0 Å². The molecular formula is C28H28N2O5. The van der Waals surface area contributed by atoms with Crippen LogP contribution in [0.2, 0.25) is 0 Å². The second kappa shape index (κ2) is 10.4. The zero-order chi connectivity index (χ0) is 24.9. The van der Waals surface area contributed by atoms with Crippen LogP contribution in [0.25, 0.3) is 11.1 Å². The van der Waals surface area contributed by atoms with E-state index in [1.165, 1.54) is 12.1 Å². The number of benzene rings is 3. The Labute approximate surface area is 204 Å². The number of alkyl carbamates (subject to hydrolysis) is 1. The molecule has 7 heteroatoms. The van der Waals surface area contributed by atoms with Crippen molar-refractivity contribution in [1.82, 2.24) is 5.32 Å². The number of rotatable bonds is 8. The maximum absolute atomic E-state index is 13.0. The molecule has 3 aromatic rings. The molecule has 0 aromatic heterocycles. The molecule has 2 atom stereocenters. The molecule has 0 aliphatic heterocycles. The van der Waals surface area contributed by atoms with E-state index in [4.69, 9.17) is 4.74 Å². The van der Waals surface area contributed by atoms with Crippen molar-refractivity contribution in [3.8, 4) is 11.1 Å². The normalized spacial score (nSPS) is 13.8. The van der Waals surface area contributed by atoms with Gasteiger partial charge in [0, 0.05) is 11.6 Å². The van der Waals surface area contributed by atoms with E-state index in [2.05, 4.69) is 22.8 Å². The third-order valence-electron chi connectivity index (χ3n) is 6.49. The Morgan fingerprint density at radius 3 is 2.17 bits per heavy atom. The number of carbonyl (C=O) groups excluding carboxylic acids is 2. The monoisotopic (exact) mass is 472 g/mol. The third-order valence-corrected chi connectivity index (χ3v) is 6.49. The lowest BCUT2D eigenvalue weighted by Crippen LogP contribution is -2.48. The Morgan fingerprint density at radius 2 is 1.57 bits per heavy atom. The van der Waals surface area contributed by atoms with Gasteiger partial charge in [-0.25, -0.2) is 9.59 Å². The molecule has 3 N–H and O–H groups in total. The van der Waals surface area contributed by atoms with Crippen LogP contribution in [-0.4, -0.2) is 35.7 Å². The highest BCUT2D eigenvalue weighted by Crippen LogP contribution is 2.44. The molecule has 1 aliphatic rings. The lowest BCUT2D eigenvalue weighted by atomic mass is 9.98. The summed E-state index contributed by atoms with van der Waals surface area (Å²) < 4.78 is 5.61. The summed E-state index contributed by atoms with van der Waals surface area (Å²) in [5, 5.41) is 14.6. The summed E-state index contributed by atoms with van der Waals surface area (Å²) >= 11 is 0. The van der Waals surface area contributed by atoms with E-state index in [0.717, 1.165) is 22.3 Å². The third kappa shape index (κ3) is 5.19. The van der Waals surface area contributed by atoms with E-state index in [1.54, 1.807) is 12.1 Å².